The molecule has 3 N–H and O–H groups in total. The minimum atomic E-state index is -1.34. The SMILES string of the molecule is CN(CCC#CO)C(=O)Cc1cccc(C2=NC(c3ccnc(N/C(C=N)=C/N(F)CF)n3)CS2)c1. The van der Waals surface area contributed by atoms with Gasteiger partial charge in [-0.3, -0.25) is 9.79 Å². The van der Waals surface area contributed by atoms with E-state index in [4.69, 9.17) is 15.5 Å². The minimum Gasteiger partial charge on any atom is -0.462 e. The average Bonchev–Trinajstić information content (AvgIpc) is 3.39. The summed E-state index contributed by atoms with van der Waals surface area (Å²) in [5, 5.41) is 19.2. The van der Waals surface area contributed by atoms with Crippen molar-refractivity contribution < 1.29 is 18.8 Å². The molecule has 1 aliphatic heterocycles. The predicted octanol–water partition coefficient (Wildman–Crippen LogP) is 3.45. The van der Waals surface area contributed by atoms with Crippen molar-refractivity contribution in [3.63, 3.8) is 0 Å². The quantitative estimate of drug-likeness (QED) is 0.182. The van der Waals surface area contributed by atoms with Crippen molar-refractivity contribution in [2.45, 2.75) is 18.9 Å². The Morgan fingerprint density at radius 3 is 3.00 bits per heavy atom. The van der Waals surface area contributed by atoms with Crippen LogP contribution in [-0.2, 0) is 11.2 Å². The van der Waals surface area contributed by atoms with E-state index in [9.17, 15) is 13.7 Å². The van der Waals surface area contributed by atoms with E-state index >= 15 is 0 Å². The first-order valence-electron chi connectivity index (χ1n) is 10.9. The molecule has 2 aromatic rings. The van der Waals surface area contributed by atoms with Gasteiger partial charge < -0.3 is 20.7 Å². The second-order valence-electron chi connectivity index (χ2n) is 7.67. The number of halogens is 2. The van der Waals surface area contributed by atoms with E-state index in [2.05, 4.69) is 21.2 Å². The number of hydrogen-bond donors (Lipinski definition) is 3. The average molecular weight is 514 g/mol. The molecule has 0 aliphatic carbocycles. The second kappa shape index (κ2) is 13.2. The molecule has 9 nitrogen and oxygen atoms in total. The maximum absolute atomic E-state index is 13.1. The lowest BCUT2D eigenvalue weighted by molar-refractivity contribution is -0.129. The number of amides is 1. The maximum atomic E-state index is 13.1. The molecule has 0 saturated carbocycles. The van der Waals surface area contributed by atoms with E-state index in [1.165, 1.54) is 6.20 Å². The molecule has 188 valence electrons. The van der Waals surface area contributed by atoms with Crippen molar-refractivity contribution in [1.29, 1.82) is 5.41 Å². The fourth-order valence-electron chi connectivity index (χ4n) is 3.25. The topological polar surface area (TPSA) is 118 Å². The zero-order chi connectivity index (χ0) is 25.9. The first kappa shape index (κ1) is 26.6. The van der Waals surface area contributed by atoms with Crippen LogP contribution in [0.3, 0.4) is 0 Å². The number of alkyl halides is 1. The zero-order valence-corrected chi connectivity index (χ0v) is 20.3. The van der Waals surface area contributed by atoms with Crippen molar-refractivity contribution in [1.82, 2.24) is 20.0 Å². The highest BCUT2D eigenvalue weighted by Gasteiger charge is 2.23. The van der Waals surface area contributed by atoms with Crippen molar-refractivity contribution in [2.75, 3.05) is 31.5 Å². The number of benzene rings is 1. The molecular weight excluding hydrogens is 488 g/mol. The van der Waals surface area contributed by atoms with Gasteiger partial charge >= 0.3 is 0 Å². The highest BCUT2D eigenvalue weighted by atomic mass is 32.2. The smallest absolute Gasteiger partial charge is 0.227 e. The highest BCUT2D eigenvalue weighted by molar-refractivity contribution is 8.14. The van der Waals surface area contributed by atoms with E-state index in [0.717, 1.165) is 28.6 Å². The van der Waals surface area contributed by atoms with Crippen LogP contribution in [0.5, 0.6) is 0 Å². The molecular formula is C24H25F2N7O2S. The lowest BCUT2D eigenvalue weighted by atomic mass is 10.1. The molecule has 1 unspecified atom stereocenters. The van der Waals surface area contributed by atoms with E-state index in [-0.39, 0.29) is 35.1 Å². The Labute approximate surface area is 211 Å². The molecule has 1 atom stereocenters. The predicted molar refractivity (Wildman–Crippen MR) is 135 cm³/mol. The first-order valence-corrected chi connectivity index (χ1v) is 11.9. The Kier molecular flexibility index (Phi) is 9.76. The zero-order valence-electron chi connectivity index (χ0n) is 19.5. The lowest BCUT2D eigenvalue weighted by Gasteiger charge is -2.15. The number of hydrogen-bond acceptors (Lipinski definition) is 9. The van der Waals surface area contributed by atoms with Gasteiger partial charge in [-0.1, -0.05) is 28.6 Å². The van der Waals surface area contributed by atoms with Crippen LogP contribution in [0.2, 0.25) is 0 Å². The summed E-state index contributed by atoms with van der Waals surface area (Å²) in [6, 6.07) is 9.13. The van der Waals surface area contributed by atoms with Crippen LogP contribution in [0.1, 0.15) is 29.3 Å². The number of nitrogens with one attached hydrogen (secondary N) is 2. The first-order chi connectivity index (χ1) is 17.4. The number of rotatable bonds is 11. The number of carbonyl (C=O) groups is 1. The molecule has 0 radical (unpaired) electrons. The molecule has 0 saturated heterocycles. The number of anilines is 1. The fraction of sp³-hybridized carbons (Fsp3) is 0.292. The number of aliphatic imine (C=N–C) groups is 1. The van der Waals surface area contributed by atoms with Gasteiger partial charge in [0.25, 0.3) is 0 Å². The standard InChI is InChI=1S/C24H25F2N7O2S/c1-32(9-2-3-10-34)22(35)12-17-5-4-6-18(11-17)23-30-21(15-36-23)20-7-8-28-24(31-20)29-19(13-27)14-33(26)16-25/h4-8,11,13-14,21,27,34H,2,9,12,15-16H2,1H3,(H,28,29,31)/b19-14+,27-13?. The van der Waals surface area contributed by atoms with Gasteiger partial charge in [0, 0.05) is 43.7 Å². The summed E-state index contributed by atoms with van der Waals surface area (Å²) in [6.07, 6.45) is 5.63. The van der Waals surface area contributed by atoms with Gasteiger partial charge in [0.15, 0.2) is 6.80 Å². The Bertz CT molecular complexity index is 1210. The molecule has 2 heterocycles. The van der Waals surface area contributed by atoms with E-state index in [1.54, 1.807) is 29.8 Å². The van der Waals surface area contributed by atoms with Gasteiger partial charge in [0.2, 0.25) is 11.9 Å². The van der Waals surface area contributed by atoms with Gasteiger partial charge in [-0.05, 0) is 17.7 Å². The number of aliphatic hydroxyl groups is 1. The van der Waals surface area contributed by atoms with Crippen molar-refractivity contribution in [3.8, 4) is 12.0 Å². The van der Waals surface area contributed by atoms with Crippen LogP contribution in [0, 0.1) is 17.4 Å². The van der Waals surface area contributed by atoms with Crippen LogP contribution in [0.4, 0.5) is 14.8 Å². The number of thioether (sulfide) groups is 1. The maximum Gasteiger partial charge on any atom is 0.227 e. The number of aromatic nitrogens is 2. The van der Waals surface area contributed by atoms with Crippen LogP contribution in [-0.4, -0.2) is 68.4 Å². The van der Waals surface area contributed by atoms with Crippen molar-refractivity contribution in [2.24, 2.45) is 4.99 Å². The van der Waals surface area contributed by atoms with Gasteiger partial charge in [0.05, 0.1) is 29.1 Å². The minimum absolute atomic E-state index is 0.0179. The van der Waals surface area contributed by atoms with Crippen LogP contribution >= 0.6 is 11.8 Å². The summed E-state index contributed by atoms with van der Waals surface area (Å²) >= 11 is 1.57. The summed E-state index contributed by atoms with van der Waals surface area (Å²) in [5.74, 6) is 3.26. The normalized spacial score (nSPS) is 14.9. The third kappa shape index (κ3) is 7.51. The van der Waals surface area contributed by atoms with E-state index in [0.29, 0.717) is 24.4 Å². The Balaban J connectivity index is 1.69. The largest absolute Gasteiger partial charge is 0.462 e. The third-order valence-electron chi connectivity index (χ3n) is 5.08. The Morgan fingerprint density at radius 1 is 1.42 bits per heavy atom. The third-order valence-corrected chi connectivity index (χ3v) is 6.18. The second-order valence-corrected chi connectivity index (χ2v) is 8.68. The molecule has 1 aromatic carbocycles. The summed E-state index contributed by atoms with van der Waals surface area (Å²) in [6.45, 7) is -0.909. The summed E-state index contributed by atoms with van der Waals surface area (Å²) in [4.78, 5) is 27.3. The number of nitrogens with zero attached hydrogens (tertiary/aromatic N) is 5. The molecule has 0 spiro atoms. The number of carbonyl (C=O) groups excluding carboxylic acids is 1. The van der Waals surface area contributed by atoms with Gasteiger partial charge in [-0.25, -0.2) is 14.4 Å². The number of allylic oxidation sites excluding steroid dienone is 1. The monoisotopic (exact) mass is 513 g/mol. The molecule has 1 aliphatic rings. The molecule has 1 amide bonds. The summed E-state index contributed by atoms with van der Waals surface area (Å²) < 4.78 is 25.5. The van der Waals surface area contributed by atoms with Crippen LogP contribution < -0.4 is 5.32 Å². The summed E-state index contributed by atoms with van der Waals surface area (Å²) in [7, 11) is 1.70. The molecule has 1 aromatic heterocycles. The molecule has 0 fully saturated rings. The summed E-state index contributed by atoms with van der Waals surface area (Å²) in [5.41, 5.74) is 2.38. The number of likely N-dealkylation sites (N-methyl/N-ethyl adjacent to an activating group) is 1. The lowest BCUT2D eigenvalue weighted by Crippen LogP contribution is -2.29. The van der Waals surface area contributed by atoms with Crippen LogP contribution in [0.15, 0.2) is 53.4 Å². The van der Waals surface area contributed by atoms with Crippen molar-refractivity contribution >= 4 is 34.9 Å². The number of aliphatic hydroxyl groups excluding tert-OH is 1. The molecule has 12 heteroatoms. The van der Waals surface area contributed by atoms with Gasteiger partial charge in [0.1, 0.15) is 12.1 Å². The van der Waals surface area contributed by atoms with E-state index in [1.807, 2.05) is 30.4 Å². The Hall–Kier alpha value is -3.98. The Morgan fingerprint density at radius 2 is 2.25 bits per heavy atom. The van der Waals surface area contributed by atoms with Gasteiger partial charge in [-0.2, -0.15) is 5.12 Å². The van der Waals surface area contributed by atoms with E-state index < -0.39 is 6.80 Å². The molecule has 36 heavy (non-hydrogen) atoms. The fourth-order valence-corrected chi connectivity index (χ4v) is 4.31. The highest BCUT2D eigenvalue weighted by Crippen LogP contribution is 2.32. The molecule has 0 bridgehead atoms. The van der Waals surface area contributed by atoms with Crippen LogP contribution in [0.25, 0.3) is 0 Å². The molecule has 3 rings (SSSR count). The van der Waals surface area contributed by atoms with Crippen molar-refractivity contribution in [3.05, 3.63) is 65.2 Å². The van der Waals surface area contributed by atoms with Gasteiger partial charge in [-0.15, -0.1) is 11.8 Å².